The second kappa shape index (κ2) is 8.90. The van der Waals surface area contributed by atoms with Crippen LogP contribution < -0.4 is 10.6 Å². The molecular formula is C21H37N3O5. The van der Waals surface area contributed by atoms with Crippen LogP contribution in [0.25, 0.3) is 0 Å². The van der Waals surface area contributed by atoms with Gasteiger partial charge in [0.1, 0.15) is 17.7 Å². The Labute approximate surface area is 174 Å². The van der Waals surface area contributed by atoms with Crippen molar-refractivity contribution in [2.45, 2.75) is 110 Å². The fourth-order valence-corrected chi connectivity index (χ4v) is 3.45. The molecule has 0 aromatic rings. The predicted molar refractivity (Wildman–Crippen MR) is 109 cm³/mol. The molecule has 0 spiro atoms. The normalized spacial score (nSPS) is 22.0. The molecular weight excluding hydrogens is 374 g/mol. The highest BCUT2D eigenvalue weighted by molar-refractivity contribution is 5.92. The van der Waals surface area contributed by atoms with Gasteiger partial charge in [0.05, 0.1) is 11.7 Å². The fraction of sp³-hybridized carbons (Fsp3) is 0.857. The Morgan fingerprint density at radius 2 is 1.62 bits per heavy atom. The minimum atomic E-state index is -0.946. The fourth-order valence-electron chi connectivity index (χ4n) is 3.45. The quantitative estimate of drug-likeness (QED) is 0.699. The summed E-state index contributed by atoms with van der Waals surface area (Å²) < 4.78 is 11.3. The van der Waals surface area contributed by atoms with Crippen molar-refractivity contribution in [2.24, 2.45) is 0 Å². The molecule has 0 aromatic carbocycles. The van der Waals surface area contributed by atoms with Gasteiger partial charge in [0.25, 0.3) is 0 Å². The van der Waals surface area contributed by atoms with Gasteiger partial charge in [-0.2, -0.15) is 0 Å². The monoisotopic (exact) mass is 411 g/mol. The van der Waals surface area contributed by atoms with E-state index >= 15 is 0 Å². The van der Waals surface area contributed by atoms with Gasteiger partial charge in [0.2, 0.25) is 11.8 Å². The van der Waals surface area contributed by atoms with Crippen LogP contribution in [-0.4, -0.2) is 64.8 Å². The molecule has 8 nitrogen and oxygen atoms in total. The predicted octanol–water partition coefficient (Wildman–Crippen LogP) is 2.35. The van der Waals surface area contributed by atoms with E-state index in [-0.39, 0.29) is 17.9 Å². The van der Waals surface area contributed by atoms with Crippen molar-refractivity contribution in [1.29, 1.82) is 0 Å². The van der Waals surface area contributed by atoms with Gasteiger partial charge >= 0.3 is 6.09 Å². The third-order valence-electron chi connectivity index (χ3n) is 4.71. The molecule has 1 aliphatic carbocycles. The highest BCUT2D eigenvalue weighted by atomic mass is 16.6. The van der Waals surface area contributed by atoms with Crippen molar-refractivity contribution in [1.82, 2.24) is 15.5 Å². The Bertz CT molecular complexity index is 619. The standard InChI is InChI=1S/C21H37N3O5/c1-13(28-20(2,3)4)16(23-19(27)29-21(5,6)7)18(26)24-12-8-9-15(24)17(25)22-14-10-11-14/h13-16H,8-12H2,1-7H3,(H,22,25)(H,23,27)/t13-,15+,16?/m1/s1. The first-order valence-electron chi connectivity index (χ1n) is 10.5. The van der Waals surface area contributed by atoms with Crippen molar-refractivity contribution in [2.75, 3.05) is 6.54 Å². The summed E-state index contributed by atoms with van der Waals surface area (Å²) in [7, 11) is 0. The van der Waals surface area contributed by atoms with Gasteiger partial charge in [-0.15, -0.1) is 0 Å². The van der Waals surface area contributed by atoms with Crippen LogP contribution in [0.3, 0.4) is 0 Å². The van der Waals surface area contributed by atoms with Gasteiger partial charge in [0, 0.05) is 12.6 Å². The summed E-state index contributed by atoms with van der Waals surface area (Å²) in [4.78, 5) is 39.9. The summed E-state index contributed by atoms with van der Waals surface area (Å²) in [6.45, 7) is 13.2. The first kappa shape index (κ1) is 23.4. The van der Waals surface area contributed by atoms with E-state index in [0.29, 0.717) is 13.0 Å². The summed E-state index contributed by atoms with van der Waals surface area (Å²) in [5, 5.41) is 5.66. The largest absolute Gasteiger partial charge is 0.444 e. The van der Waals surface area contributed by atoms with Crippen molar-refractivity contribution >= 4 is 17.9 Å². The molecule has 0 bridgehead atoms. The molecule has 1 unspecified atom stereocenters. The third kappa shape index (κ3) is 7.49. The number of rotatable bonds is 6. The number of amides is 3. The lowest BCUT2D eigenvalue weighted by molar-refractivity contribution is -0.146. The number of alkyl carbamates (subject to hydrolysis) is 1. The van der Waals surface area contributed by atoms with Gasteiger partial charge < -0.3 is 25.0 Å². The highest BCUT2D eigenvalue weighted by Crippen LogP contribution is 2.24. The summed E-state index contributed by atoms with van der Waals surface area (Å²) in [6, 6.07) is -1.22. The number of hydrogen-bond donors (Lipinski definition) is 2. The van der Waals surface area contributed by atoms with Crippen LogP contribution in [0.5, 0.6) is 0 Å². The summed E-state index contributed by atoms with van der Waals surface area (Å²) in [5.41, 5.74) is -1.19. The van der Waals surface area contributed by atoms with E-state index in [1.54, 1.807) is 32.6 Å². The lowest BCUT2D eigenvalue weighted by Gasteiger charge is -2.34. The number of likely N-dealkylation sites (tertiary alicyclic amines) is 1. The van der Waals surface area contributed by atoms with E-state index in [1.807, 2.05) is 20.8 Å². The van der Waals surface area contributed by atoms with E-state index in [9.17, 15) is 14.4 Å². The lowest BCUT2D eigenvalue weighted by Crippen LogP contribution is -2.58. The molecule has 2 N–H and O–H groups in total. The van der Waals surface area contributed by atoms with Crippen LogP contribution in [-0.2, 0) is 19.1 Å². The molecule has 1 aliphatic heterocycles. The molecule has 3 atom stereocenters. The SMILES string of the molecule is C[C@@H](OC(C)(C)C)C(NC(=O)OC(C)(C)C)C(=O)N1CCC[C@H]1C(=O)NC1CC1. The number of carbonyl (C=O) groups is 3. The van der Waals surface area contributed by atoms with Gasteiger partial charge in [-0.25, -0.2) is 4.79 Å². The summed E-state index contributed by atoms with van der Waals surface area (Å²) in [6.07, 6.45) is 2.08. The second-order valence-corrected chi connectivity index (χ2v) is 10.0. The van der Waals surface area contributed by atoms with Crippen LogP contribution in [0.2, 0.25) is 0 Å². The number of nitrogens with one attached hydrogen (secondary N) is 2. The van der Waals surface area contributed by atoms with Crippen LogP contribution in [0.4, 0.5) is 4.79 Å². The van der Waals surface area contributed by atoms with Crippen LogP contribution in [0, 0.1) is 0 Å². The summed E-state index contributed by atoms with van der Waals surface area (Å²) in [5.74, 6) is -0.431. The van der Waals surface area contributed by atoms with Gasteiger partial charge in [0.15, 0.2) is 0 Å². The minimum absolute atomic E-state index is 0.112. The van der Waals surface area contributed by atoms with Crippen molar-refractivity contribution in [3.8, 4) is 0 Å². The first-order chi connectivity index (χ1) is 13.3. The van der Waals surface area contributed by atoms with Gasteiger partial charge in [-0.3, -0.25) is 9.59 Å². The Hall–Kier alpha value is -1.83. The topological polar surface area (TPSA) is 97.0 Å². The second-order valence-electron chi connectivity index (χ2n) is 10.0. The lowest BCUT2D eigenvalue weighted by atomic mass is 10.1. The average Bonchev–Trinajstić information content (AvgIpc) is 3.20. The smallest absolute Gasteiger partial charge is 0.408 e. The molecule has 1 saturated carbocycles. The number of carbonyl (C=O) groups excluding carboxylic acids is 3. The van der Waals surface area contributed by atoms with Crippen molar-refractivity contribution < 1.29 is 23.9 Å². The Morgan fingerprint density at radius 1 is 1.00 bits per heavy atom. The third-order valence-corrected chi connectivity index (χ3v) is 4.71. The molecule has 3 amide bonds. The maximum atomic E-state index is 13.4. The van der Waals surface area contributed by atoms with Gasteiger partial charge in [-0.05, 0) is 74.1 Å². The molecule has 0 radical (unpaired) electrons. The van der Waals surface area contributed by atoms with Crippen LogP contribution >= 0.6 is 0 Å². The molecule has 8 heteroatoms. The summed E-state index contributed by atoms with van der Waals surface area (Å²) >= 11 is 0. The molecule has 0 aromatic heterocycles. The zero-order valence-corrected chi connectivity index (χ0v) is 18.8. The van der Waals surface area contributed by atoms with Crippen LogP contribution in [0.1, 0.15) is 74.1 Å². The molecule has 1 saturated heterocycles. The van der Waals surface area contributed by atoms with Gasteiger partial charge in [-0.1, -0.05) is 0 Å². The number of hydrogen-bond acceptors (Lipinski definition) is 5. The van der Waals surface area contributed by atoms with Crippen molar-refractivity contribution in [3.05, 3.63) is 0 Å². The molecule has 2 rings (SSSR count). The molecule has 29 heavy (non-hydrogen) atoms. The average molecular weight is 412 g/mol. The zero-order valence-electron chi connectivity index (χ0n) is 18.8. The Kier molecular flexibility index (Phi) is 7.19. The van der Waals surface area contributed by atoms with Crippen LogP contribution in [0.15, 0.2) is 0 Å². The maximum Gasteiger partial charge on any atom is 0.408 e. The molecule has 1 heterocycles. The Balaban J connectivity index is 2.15. The minimum Gasteiger partial charge on any atom is -0.444 e. The van der Waals surface area contributed by atoms with E-state index in [1.165, 1.54) is 0 Å². The highest BCUT2D eigenvalue weighted by Gasteiger charge is 2.42. The molecule has 2 aliphatic rings. The van der Waals surface area contributed by atoms with E-state index in [4.69, 9.17) is 9.47 Å². The maximum absolute atomic E-state index is 13.4. The van der Waals surface area contributed by atoms with E-state index in [0.717, 1.165) is 19.3 Å². The zero-order chi connectivity index (χ0) is 22.0. The molecule has 2 fully saturated rings. The van der Waals surface area contributed by atoms with E-state index in [2.05, 4.69) is 10.6 Å². The first-order valence-corrected chi connectivity index (χ1v) is 10.5. The number of ether oxygens (including phenoxy) is 2. The van der Waals surface area contributed by atoms with Crippen molar-refractivity contribution in [3.63, 3.8) is 0 Å². The van der Waals surface area contributed by atoms with E-state index < -0.39 is 35.5 Å². The number of nitrogens with zero attached hydrogens (tertiary/aromatic N) is 1. The molecule has 166 valence electrons. The Morgan fingerprint density at radius 3 is 2.14 bits per heavy atom.